The summed E-state index contributed by atoms with van der Waals surface area (Å²) in [5.74, 6) is -1.24. The minimum absolute atomic E-state index is 0.352. The van der Waals surface area contributed by atoms with Crippen LogP contribution < -0.4 is 0 Å². The van der Waals surface area contributed by atoms with Crippen LogP contribution >= 0.6 is 0 Å². The zero-order chi connectivity index (χ0) is 16.8. The Morgan fingerprint density at radius 2 is 1.54 bits per heavy atom. The summed E-state index contributed by atoms with van der Waals surface area (Å²) in [6.45, 7) is 0. The van der Waals surface area contributed by atoms with E-state index >= 15 is 0 Å². The van der Waals surface area contributed by atoms with Crippen LogP contribution in [0.15, 0.2) is 65.8 Å². The molecule has 0 bridgehead atoms. The Balaban J connectivity index is 1.95. The first-order valence-corrected chi connectivity index (χ1v) is 7.45. The number of carbonyl (C=O) groups is 1. The fraction of sp³-hybridized carbons (Fsp3) is 0.158. The van der Waals surface area contributed by atoms with Gasteiger partial charge in [-0.1, -0.05) is 65.8 Å². The maximum absolute atomic E-state index is 12.6. The molecule has 1 spiro atoms. The molecule has 2 aliphatic rings. The van der Waals surface area contributed by atoms with Crippen LogP contribution in [0.2, 0.25) is 0 Å². The Bertz CT molecular complexity index is 924. The Hall–Kier alpha value is -3.44. The molecule has 4 rings (SSSR count). The van der Waals surface area contributed by atoms with Crippen molar-refractivity contribution in [2.45, 2.75) is 5.92 Å². The number of hydrogen-bond donors (Lipinski definition) is 0. The first kappa shape index (κ1) is 14.2. The minimum atomic E-state index is -1.52. The van der Waals surface area contributed by atoms with Crippen molar-refractivity contribution in [3.8, 4) is 12.1 Å². The average Bonchev–Trinajstić information content (AvgIpc) is 3.13. The summed E-state index contributed by atoms with van der Waals surface area (Å²) < 4.78 is 0. The van der Waals surface area contributed by atoms with Gasteiger partial charge in [-0.2, -0.15) is 10.5 Å². The van der Waals surface area contributed by atoms with Crippen LogP contribution in [0.4, 0.5) is 0 Å². The van der Waals surface area contributed by atoms with Crippen molar-refractivity contribution in [1.29, 1.82) is 10.5 Å². The van der Waals surface area contributed by atoms with E-state index in [1.165, 1.54) is 0 Å². The van der Waals surface area contributed by atoms with Crippen LogP contribution in [-0.2, 0) is 9.63 Å². The van der Waals surface area contributed by atoms with E-state index < -0.39 is 22.7 Å². The standard InChI is InChI=1S/C19H11N3O2/c20-11-18(12-21)15(13-7-3-1-4-8-13)19(18)16(22-24-17(19)23)14-9-5-2-6-10-14/h1-10,15H. The maximum Gasteiger partial charge on any atom is 0.350 e. The highest BCUT2D eigenvalue weighted by atomic mass is 16.7. The molecule has 5 heteroatoms. The molecule has 24 heavy (non-hydrogen) atoms. The minimum Gasteiger partial charge on any atom is -0.317 e. The van der Waals surface area contributed by atoms with Crippen LogP contribution in [0.1, 0.15) is 17.0 Å². The van der Waals surface area contributed by atoms with Crippen LogP contribution in [0, 0.1) is 33.5 Å². The predicted molar refractivity (Wildman–Crippen MR) is 84.3 cm³/mol. The van der Waals surface area contributed by atoms with Gasteiger partial charge in [0, 0.05) is 11.5 Å². The lowest BCUT2D eigenvalue weighted by atomic mass is 9.86. The van der Waals surface area contributed by atoms with E-state index in [0.29, 0.717) is 11.3 Å². The first-order valence-electron chi connectivity index (χ1n) is 7.45. The summed E-state index contributed by atoms with van der Waals surface area (Å²) in [4.78, 5) is 17.6. The van der Waals surface area contributed by atoms with Crippen molar-refractivity contribution in [3.05, 3.63) is 71.8 Å². The summed E-state index contributed by atoms with van der Waals surface area (Å²) in [6, 6.07) is 22.3. The van der Waals surface area contributed by atoms with Crippen molar-refractivity contribution in [2.24, 2.45) is 16.0 Å². The van der Waals surface area contributed by atoms with Gasteiger partial charge in [-0.15, -0.1) is 0 Å². The molecule has 114 valence electrons. The van der Waals surface area contributed by atoms with Gasteiger partial charge < -0.3 is 4.84 Å². The van der Waals surface area contributed by atoms with Gasteiger partial charge in [-0.3, -0.25) is 0 Å². The van der Waals surface area contributed by atoms with Gasteiger partial charge in [-0.05, 0) is 5.56 Å². The summed E-state index contributed by atoms with van der Waals surface area (Å²) >= 11 is 0. The second-order valence-corrected chi connectivity index (χ2v) is 5.87. The fourth-order valence-electron chi connectivity index (χ4n) is 3.76. The van der Waals surface area contributed by atoms with E-state index in [1.54, 1.807) is 12.1 Å². The summed E-state index contributed by atoms with van der Waals surface area (Å²) in [5, 5.41) is 23.5. The molecule has 2 unspecified atom stereocenters. The van der Waals surface area contributed by atoms with E-state index in [2.05, 4.69) is 17.3 Å². The molecule has 0 aromatic heterocycles. The zero-order valence-electron chi connectivity index (χ0n) is 12.5. The lowest BCUT2D eigenvalue weighted by Crippen LogP contribution is -2.28. The van der Waals surface area contributed by atoms with Gasteiger partial charge in [-0.25, -0.2) is 4.79 Å². The number of nitrogens with zero attached hydrogens (tertiary/aromatic N) is 3. The third-order valence-electron chi connectivity index (χ3n) is 4.85. The predicted octanol–water partition coefficient (Wildman–Crippen LogP) is 2.76. The molecule has 0 saturated heterocycles. The molecule has 5 nitrogen and oxygen atoms in total. The third-order valence-corrected chi connectivity index (χ3v) is 4.85. The quantitative estimate of drug-likeness (QED) is 0.798. The number of hydrogen-bond acceptors (Lipinski definition) is 5. The van der Waals surface area contributed by atoms with Crippen LogP contribution in [0.5, 0.6) is 0 Å². The molecule has 1 heterocycles. The van der Waals surface area contributed by atoms with Gasteiger partial charge in [0.05, 0.1) is 12.1 Å². The highest BCUT2D eigenvalue weighted by Crippen LogP contribution is 2.76. The highest BCUT2D eigenvalue weighted by Gasteiger charge is 2.88. The topological polar surface area (TPSA) is 86.2 Å². The molecule has 2 atom stereocenters. The van der Waals surface area contributed by atoms with E-state index in [1.807, 2.05) is 48.5 Å². The molecule has 1 aliphatic heterocycles. The molecule has 2 aromatic rings. The van der Waals surface area contributed by atoms with Crippen molar-refractivity contribution in [3.63, 3.8) is 0 Å². The lowest BCUT2D eigenvalue weighted by molar-refractivity contribution is -0.145. The molecule has 1 fully saturated rings. The molecular weight excluding hydrogens is 302 g/mol. The lowest BCUT2D eigenvalue weighted by Gasteiger charge is -2.09. The molecular formula is C19H11N3O2. The number of carbonyl (C=O) groups excluding carboxylic acids is 1. The Morgan fingerprint density at radius 3 is 2.12 bits per heavy atom. The number of benzene rings is 2. The van der Waals surface area contributed by atoms with E-state index in [-0.39, 0.29) is 0 Å². The molecule has 2 aromatic carbocycles. The van der Waals surface area contributed by atoms with Crippen molar-refractivity contribution < 1.29 is 9.63 Å². The zero-order valence-corrected chi connectivity index (χ0v) is 12.5. The van der Waals surface area contributed by atoms with Gasteiger partial charge in [0.15, 0.2) is 10.8 Å². The van der Waals surface area contributed by atoms with Crippen LogP contribution in [-0.4, -0.2) is 11.7 Å². The number of oxime groups is 1. The summed E-state index contributed by atoms with van der Waals surface area (Å²) in [7, 11) is 0. The fourth-order valence-corrected chi connectivity index (χ4v) is 3.76. The second-order valence-electron chi connectivity index (χ2n) is 5.87. The van der Waals surface area contributed by atoms with Gasteiger partial charge in [0.2, 0.25) is 0 Å². The van der Waals surface area contributed by atoms with Gasteiger partial charge in [0.25, 0.3) is 0 Å². The normalized spacial score (nSPS) is 26.2. The third kappa shape index (κ3) is 1.46. The smallest absolute Gasteiger partial charge is 0.317 e. The molecule has 0 amide bonds. The highest BCUT2D eigenvalue weighted by molar-refractivity contribution is 6.23. The molecule has 1 aliphatic carbocycles. The average molecular weight is 313 g/mol. The number of nitriles is 2. The molecule has 0 radical (unpaired) electrons. The maximum atomic E-state index is 12.6. The van der Waals surface area contributed by atoms with Gasteiger partial charge >= 0.3 is 5.97 Å². The van der Waals surface area contributed by atoms with Crippen molar-refractivity contribution >= 4 is 11.7 Å². The largest absolute Gasteiger partial charge is 0.350 e. The Labute approximate surface area is 138 Å². The molecule has 1 saturated carbocycles. The van der Waals surface area contributed by atoms with E-state index in [4.69, 9.17) is 4.84 Å². The Morgan fingerprint density at radius 1 is 0.958 bits per heavy atom. The number of rotatable bonds is 2. The van der Waals surface area contributed by atoms with E-state index in [9.17, 15) is 15.3 Å². The van der Waals surface area contributed by atoms with Crippen molar-refractivity contribution in [2.75, 3.05) is 0 Å². The summed E-state index contributed by atoms with van der Waals surface area (Å²) in [5.41, 5.74) is -1.11. The van der Waals surface area contributed by atoms with Gasteiger partial charge in [0.1, 0.15) is 5.71 Å². The van der Waals surface area contributed by atoms with E-state index in [0.717, 1.165) is 5.56 Å². The van der Waals surface area contributed by atoms with Crippen LogP contribution in [0.25, 0.3) is 0 Å². The van der Waals surface area contributed by atoms with Crippen LogP contribution in [0.3, 0.4) is 0 Å². The first-order chi connectivity index (χ1) is 11.7. The van der Waals surface area contributed by atoms with Crippen molar-refractivity contribution in [1.82, 2.24) is 0 Å². The molecule has 0 N–H and O–H groups in total. The Kier molecular flexibility index (Phi) is 2.82. The second kappa shape index (κ2) is 4.78. The SMILES string of the molecule is N#CC1(C#N)C(c2ccccc2)C12C(=O)ON=C2c1ccccc1. The monoisotopic (exact) mass is 313 g/mol. The summed E-state index contributed by atoms with van der Waals surface area (Å²) in [6.07, 6.45) is 0.